The van der Waals surface area contributed by atoms with E-state index in [-0.39, 0.29) is 17.2 Å². The maximum absolute atomic E-state index is 12.2. The van der Waals surface area contributed by atoms with Gasteiger partial charge in [-0.15, -0.1) is 11.8 Å². The van der Waals surface area contributed by atoms with Crippen molar-refractivity contribution in [3.63, 3.8) is 0 Å². The highest BCUT2D eigenvalue weighted by molar-refractivity contribution is 8.00. The Balaban J connectivity index is 1.51. The number of hydrogen-bond donors (Lipinski definition) is 1. The van der Waals surface area contributed by atoms with Crippen LogP contribution in [0.3, 0.4) is 0 Å². The fraction of sp³-hybridized carbons (Fsp3) is 0.316. The second-order valence-corrected chi connectivity index (χ2v) is 6.98. The molecule has 2 heterocycles. The summed E-state index contributed by atoms with van der Waals surface area (Å²) in [5.74, 6) is 1.20. The topological polar surface area (TPSA) is 71.5 Å². The zero-order chi connectivity index (χ0) is 18.4. The lowest BCUT2D eigenvalue weighted by Gasteiger charge is -2.23. The van der Waals surface area contributed by atoms with E-state index in [2.05, 4.69) is 10.3 Å². The molecule has 0 radical (unpaired) electrons. The van der Waals surface area contributed by atoms with Gasteiger partial charge in [0.15, 0.2) is 0 Å². The van der Waals surface area contributed by atoms with Gasteiger partial charge >= 0.3 is 0 Å². The van der Waals surface area contributed by atoms with Gasteiger partial charge in [0.25, 0.3) is 0 Å². The van der Waals surface area contributed by atoms with Crippen molar-refractivity contribution < 1.29 is 14.3 Å². The van der Waals surface area contributed by atoms with Gasteiger partial charge in [0.05, 0.1) is 18.1 Å². The van der Waals surface area contributed by atoms with Crippen LogP contribution in [0.25, 0.3) is 0 Å². The summed E-state index contributed by atoms with van der Waals surface area (Å²) in [4.78, 5) is 29.5. The molecule has 1 fully saturated rings. The van der Waals surface area contributed by atoms with Crippen molar-refractivity contribution in [1.82, 2.24) is 9.88 Å². The number of benzene rings is 1. The Morgan fingerprint density at radius 3 is 3.00 bits per heavy atom. The molecule has 1 atom stereocenters. The number of aromatic nitrogens is 1. The molecule has 7 heteroatoms. The van der Waals surface area contributed by atoms with E-state index in [1.54, 1.807) is 24.0 Å². The summed E-state index contributed by atoms with van der Waals surface area (Å²) in [5, 5.41) is 2.71. The van der Waals surface area contributed by atoms with Gasteiger partial charge in [-0.3, -0.25) is 14.6 Å². The third-order valence-corrected chi connectivity index (χ3v) is 5.10. The SMILES string of the molecule is CC(=O)Nc1cccc(OCCCN2C(=O)CSC2c2ccccn2)c1. The number of nitrogens with zero attached hydrogens (tertiary/aromatic N) is 2. The minimum absolute atomic E-state index is 0.0215. The van der Waals surface area contributed by atoms with Crippen molar-refractivity contribution in [3.8, 4) is 5.75 Å². The molecule has 0 saturated carbocycles. The van der Waals surface area contributed by atoms with Gasteiger partial charge in [-0.1, -0.05) is 12.1 Å². The predicted molar refractivity (Wildman–Crippen MR) is 102 cm³/mol. The first-order valence-electron chi connectivity index (χ1n) is 8.46. The van der Waals surface area contributed by atoms with Crippen LogP contribution in [0.5, 0.6) is 5.75 Å². The first-order chi connectivity index (χ1) is 12.6. The number of thioether (sulfide) groups is 1. The predicted octanol–water partition coefficient (Wildman–Crippen LogP) is 3.08. The summed E-state index contributed by atoms with van der Waals surface area (Å²) in [6.07, 6.45) is 2.47. The Kier molecular flexibility index (Phi) is 6.12. The Morgan fingerprint density at radius 2 is 2.23 bits per heavy atom. The van der Waals surface area contributed by atoms with E-state index in [0.29, 0.717) is 30.3 Å². The normalized spacial score (nSPS) is 16.6. The van der Waals surface area contributed by atoms with Crippen LogP contribution in [0.1, 0.15) is 24.4 Å². The standard InChI is InChI=1S/C19H21N3O3S/c1-14(23)21-15-6-4-7-16(12-15)25-11-5-10-22-18(24)13-26-19(22)17-8-2-3-9-20-17/h2-4,6-9,12,19H,5,10-11,13H2,1H3,(H,21,23). The van der Waals surface area contributed by atoms with Crippen LogP contribution in [0.4, 0.5) is 5.69 Å². The molecule has 3 rings (SSSR count). The van der Waals surface area contributed by atoms with Gasteiger partial charge in [0, 0.05) is 31.4 Å². The number of carbonyl (C=O) groups is 2. The monoisotopic (exact) mass is 371 g/mol. The Labute approximate surface area is 156 Å². The van der Waals surface area contributed by atoms with Gasteiger partial charge in [-0.2, -0.15) is 0 Å². The molecule has 2 aromatic rings. The molecule has 1 aromatic heterocycles. The molecule has 2 amide bonds. The van der Waals surface area contributed by atoms with Crippen molar-refractivity contribution in [2.75, 3.05) is 24.2 Å². The molecule has 0 spiro atoms. The largest absolute Gasteiger partial charge is 0.493 e. The summed E-state index contributed by atoms with van der Waals surface area (Å²) >= 11 is 1.61. The van der Waals surface area contributed by atoms with E-state index in [1.807, 2.05) is 41.3 Å². The number of nitrogens with one attached hydrogen (secondary N) is 1. The molecule has 1 saturated heterocycles. The quantitative estimate of drug-likeness (QED) is 0.758. The van der Waals surface area contributed by atoms with Crippen LogP contribution < -0.4 is 10.1 Å². The Morgan fingerprint density at radius 1 is 1.35 bits per heavy atom. The van der Waals surface area contributed by atoms with Crippen molar-refractivity contribution in [1.29, 1.82) is 0 Å². The van der Waals surface area contributed by atoms with Gasteiger partial charge in [0.2, 0.25) is 11.8 Å². The molecule has 1 aliphatic rings. The molecule has 0 bridgehead atoms. The Bertz CT molecular complexity index is 770. The van der Waals surface area contributed by atoms with Crippen LogP contribution >= 0.6 is 11.8 Å². The van der Waals surface area contributed by atoms with Crippen molar-refractivity contribution in [3.05, 3.63) is 54.4 Å². The lowest BCUT2D eigenvalue weighted by molar-refractivity contribution is -0.128. The fourth-order valence-corrected chi connectivity index (χ4v) is 3.93. The van der Waals surface area contributed by atoms with Gasteiger partial charge in [0.1, 0.15) is 11.1 Å². The van der Waals surface area contributed by atoms with E-state index < -0.39 is 0 Å². The minimum atomic E-state index is -0.118. The Hall–Kier alpha value is -2.54. The molecular weight excluding hydrogens is 350 g/mol. The molecule has 1 N–H and O–H groups in total. The van der Waals surface area contributed by atoms with Crippen molar-refractivity contribution in [2.45, 2.75) is 18.7 Å². The maximum atomic E-state index is 12.2. The molecular formula is C19H21N3O3S. The van der Waals surface area contributed by atoms with E-state index >= 15 is 0 Å². The summed E-state index contributed by atoms with van der Waals surface area (Å²) < 4.78 is 5.75. The van der Waals surface area contributed by atoms with Crippen LogP contribution in [0.15, 0.2) is 48.7 Å². The number of carbonyl (C=O) groups excluding carboxylic acids is 2. The van der Waals surface area contributed by atoms with E-state index in [4.69, 9.17) is 4.74 Å². The third kappa shape index (κ3) is 4.76. The van der Waals surface area contributed by atoms with Crippen LogP contribution in [0, 0.1) is 0 Å². The van der Waals surface area contributed by atoms with Crippen molar-refractivity contribution in [2.24, 2.45) is 0 Å². The third-order valence-electron chi connectivity index (χ3n) is 3.88. The lowest BCUT2D eigenvalue weighted by atomic mass is 10.3. The van der Waals surface area contributed by atoms with Crippen molar-refractivity contribution >= 4 is 29.3 Å². The second-order valence-electron chi connectivity index (χ2n) is 5.92. The average Bonchev–Trinajstić information content (AvgIpc) is 3.00. The summed E-state index contributed by atoms with van der Waals surface area (Å²) in [6.45, 7) is 2.59. The van der Waals surface area contributed by atoms with Gasteiger partial charge in [-0.05, 0) is 30.7 Å². The van der Waals surface area contributed by atoms with Gasteiger partial charge in [-0.25, -0.2) is 0 Å². The number of amides is 2. The summed E-state index contributed by atoms with van der Waals surface area (Å²) in [7, 11) is 0. The molecule has 1 aliphatic heterocycles. The van der Waals surface area contributed by atoms with Crippen LogP contribution in [-0.4, -0.2) is 40.6 Å². The first-order valence-corrected chi connectivity index (χ1v) is 9.51. The summed E-state index contributed by atoms with van der Waals surface area (Å²) in [5.41, 5.74) is 1.61. The zero-order valence-corrected chi connectivity index (χ0v) is 15.4. The molecule has 1 aromatic carbocycles. The zero-order valence-electron chi connectivity index (χ0n) is 14.6. The summed E-state index contributed by atoms with van der Waals surface area (Å²) in [6, 6.07) is 13.0. The van der Waals surface area contributed by atoms with Crippen LogP contribution in [-0.2, 0) is 9.59 Å². The molecule has 26 heavy (non-hydrogen) atoms. The fourth-order valence-electron chi connectivity index (χ4n) is 2.75. The average molecular weight is 371 g/mol. The van der Waals surface area contributed by atoms with E-state index in [1.165, 1.54) is 6.92 Å². The smallest absolute Gasteiger partial charge is 0.233 e. The maximum Gasteiger partial charge on any atom is 0.233 e. The van der Waals surface area contributed by atoms with Crippen LogP contribution in [0.2, 0.25) is 0 Å². The second kappa shape index (κ2) is 8.71. The minimum Gasteiger partial charge on any atom is -0.493 e. The number of anilines is 1. The highest BCUT2D eigenvalue weighted by atomic mass is 32.2. The lowest BCUT2D eigenvalue weighted by Crippen LogP contribution is -2.30. The molecule has 0 aliphatic carbocycles. The molecule has 1 unspecified atom stereocenters. The highest BCUT2D eigenvalue weighted by Gasteiger charge is 2.33. The number of hydrogen-bond acceptors (Lipinski definition) is 5. The highest BCUT2D eigenvalue weighted by Crippen LogP contribution is 2.37. The number of pyridine rings is 1. The number of ether oxygens (including phenoxy) is 1. The van der Waals surface area contributed by atoms with Gasteiger partial charge < -0.3 is 15.0 Å². The number of rotatable bonds is 7. The van der Waals surface area contributed by atoms with E-state index in [0.717, 1.165) is 12.1 Å². The molecule has 136 valence electrons. The van der Waals surface area contributed by atoms with E-state index in [9.17, 15) is 9.59 Å². The molecule has 6 nitrogen and oxygen atoms in total. The first kappa shape index (κ1) is 18.3.